The second-order valence-corrected chi connectivity index (χ2v) is 3.96. The maximum atomic E-state index is 11.4. The largest absolute Gasteiger partial charge is 0.361 e. The normalized spacial score (nSPS) is 14.6. The Morgan fingerprint density at radius 1 is 1.38 bits per heavy atom. The van der Waals surface area contributed by atoms with E-state index in [1.54, 1.807) is 7.05 Å². The fraction of sp³-hybridized carbons (Fsp3) is 0.636. The van der Waals surface area contributed by atoms with Gasteiger partial charge in [-0.1, -0.05) is 5.16 Å². The maximum Gasteiger partial charge on any atom is 0.236 e. The summed E-state index contributed by atoms with van der Waals surface area (Å²) in [5, 5.41) is 9.70. The summed E-state index contributed by atoms with van der Waals surface area (Å²) in [5.41, 5.74) is 1.89. The molecule has 1 heterocycles. The number of likely N-dealkylation sites (N-methyl/N-ethyl adjacent to an activating group) is 1. The van der Waals surface area contributed by atoms with Crippen molar-refractivity contribution in [3.8, 4) is 0 Å². The minimum Gasteiger partial charge on any atom is -0.361 e. The molecule has 0 radical (unpaired) electrons. The standard InChI is InChI=1S/C11H19N3O2/c1-6(13-8(3)11(15)12-5)10-7(2)14-16-9(10)4/h6,8,13H,1-5H3,(H,12,15). The van der Waals surface area contributed by atoms with Gasteiger partial charge < -0.3 is 9.84 Å². The predicted octanol–water partition coefficient (Wildman–Crippen LogP) is 1.08. The lowest BCUT2D eigenvalue weighted by molar-refractivity contribution is -0.122. The molecular formula is C11H19N3O2. The van der Waals surface area contributed by atoms with Crippen molar-refractivity contribution in [1.82, 2.24) is 15.8 Å². The Labute approximate surface area is 95.6 Å². The van der Waals surface area contributed by atoms with Crippen LogP contribution in [0.15, 0.2) is 4.52 Å². The number of rotatable bonds is 4. The molecule has 0 saturated carbocycles. The lowest BCUT2D eigenvalue weighted by Gasteiger charge is -2.18. The molecule has 90 valence electrons. The number of aromatic nitrogens is 1. The predicted molar refractivity (Wildman–Crippen MR) is 61.1 cm³/mol. The van der Waals surface area contributed by atoms with Crippen LogP contribution >= 0.6 is 0 Å². The molecule has 2 unspecified atom stereocenters. The zero-order chi connectivity index (χ0) is 12.3. The zero-order valence-corrected chi connectivity index (χ0v) is 10.4. The lowest BCUT2D eigenvalue weighted by Crippen LogP contribution is -2.41. The van der Waals surface area contributed by atoms with Crippen LogP contribution in [0, 0.1) is 13.8 Å². The van der Waals surface area contributed by atoms with E-state index in [2.05, 4.69) is 15.8 Å². The van der Waals surface area contributed by atoms with Crippen LogP contribution in [-0.2, 0) is 4.79 Å². The molecule has 0 spiro atoms. The minimum absolute atomic E-state index is 0.0291. The average molecular weight is 225 g/mol. The third-order valence-electron chi connectivity index (χ3n) is 2.66. The van der Waals surface area contributed by atoms with E-state index in [1.165, 1.54) is 0 Å². The molecule has 2 N–H and O–H groups in total. The molecule has 2 atom stereocenters. The number of nitrogens with zero attached hydrogens (tertiary/aromatic N) is 1. The first-order valence-corrected chi connectivity index (χ1v) is 5.37. The van der Waals surface area contributed by atoms with Crippen molar-refractivity contribution >= 4 is 5.91 Å². The van der Waals surface area contributed by atoms with Crippen LogP contribution in [0.2, 0.25) is 0 Å². The van der Waals surface area contributed by atoms with Crippen molar-refractivity contribution in [2.75, 3.05) is 7.05 Å². The van der Waals surface area contributed by atoms with E-state index in [0.717, 1.165) is 17.0 Å². The van der Waals surface area contributed by atoms with Crippen molar-refractivity contribution in [3.63, 3.8) is 0 Å². The summed E-state index contributed by atoms with van der Waals surface area (Å²) in [5.74, 6) is 0.764. The van der Waals surface area contributed by atoms with Crippen LogP contribution in [-0.4, -0.2) is 24.2 Å². The van der Waals surface area contributed by atoms with Gasteiger partial charge in [-0.2, -0.15) is 0 Å². The fourth-order valence-electron chi connectivity index (χ4n) is 1.86. The number of amides is 1. The Hall–Kier alpha value is -1.36. The van der Waals surface area contributed by atoms with E-state index < -0.39 is 0 Å². The molecule has 0 fully saturated rings. The molecule has 1 aromatic rings. The molecular weight excluding hydrogens is 206 g/mol. The summed E-state index contributed by atoms with van der Waals surface area (Å²) in [6.45, 7) is 7.59. The smallest absolute Gasteiger partial charge is 0.236 e. The highest BCUT2D eigenvalue weighted by Gasteiger charge is 2.20. The summed E-state index contributed by atoms with van der Waals surface area (Å²) in [6.07, 6.45) is 0. The van der Waals surface area contributed by atoms with Crippen molar-refractivity contribution < 1.29 is 9.32 Å². The second-order valence-electron chi connectivity index (χ2n) is 3.96. The second kappa shape index (κ2) is 5.12. The molecule has 5 nitrogen and oxygen atoms in total. The third kappa shape index (κ3) is 2.61. The molecule has 0 bridgehead atoms. The highest BCUT2D eigenvalue weighted by molar-refractivity contribution is 5.80. The monoisotopic (exact) mass is 225 g/mol. The number of nitrogens with one attached hydrogen (secondary N) is 2. The summed E-state index contributed by atoms with van der Waals surface area (Å²) in [4.78, 5) is 11.4. The van der Waals surface area contributed by atoms with E-state index in [4.69, 9.17) is 4.52 Å². The topological polar surface area (TPSA) is 67.2 Å². The molecule has 0 aliphatic heterocycles. The molecule has 0 aliphatic carbocycles. The van der Waals surface area contributed by atoms with Gasteiger partial charge in [-0.3, -0.25) is 10.1 Å². The molecule has 1 aromatic heterocycles. The number of carbonyl (C=O) groups is 1. The fourth-order valence-corrected chi connectivity index (χ4v) is 1.86. The van der Waals surface area contributed by atoms with E-state index in [9.17, 15) is 4.79 Å². The van der Waals surface area contributed by atoms with E-state index >= 15 is 0 Å². The van der Waals surface area contributed by atoms with Crippen molar-refractivity contribution in [1.29, 1.82) is 0 Å². The molecule has 1 rings (SSSR count). The Balaban J connectivity index is 2.73. The van der Waals surface area contributed by atoms with Crippen molar-refractivity contribution in [2.45, 2.75) is 39.8 Å². The van der Waals surface area contributed by atoms with Gasteiger partial charge >= 0.3 is 0 Å². The van der Waals surface area contributed by atoms with Gasteiger partial charge in [0.15, 0.2) is 0 Å². The van der Waals surface area contributed by atoms with Gasteiger partial charge in [0.1, 0.15) is 5.76 Å². The van der Waals surface area contributed by atoms with Gasteiger partial charge in [-0.05, 0) is 27.7 Å². The molecule has 16 heavy (non-hydrogen) atoms. The first-order chi connectivity index (χ1) is 7.47. The van der Waals surface area contributed by atoms with Crippen LogP contribution in [0.3, 0.4) is 0 Å². The van der Waals surface area contributed by atoms with Crippen LogP contribution in [0.1, 0.15) is 36.9 Å². The Kier molecular flexibility index (Phi) is 4.06. The van der Waals surface area contributed by atoms with Gasteiger partial charge in [-0.15, -0.1) is 0 Å². The quantitative estimate of drug-likeness (QED) is 0.804. The van der Waals surface area contributed by atoms with Crippen molar-refractivity contribution in [3.05, 3.63) is 17.0 Å². The molecule has 1 amide bonds. The highest BCUT2D eigenvalue weighted by atomic mass is 16.5. The van der Waals surface area contributed by atoms with E-state index in [1.807, 2.05) is 27.7 Å². The number of carbonyl (C=O) groups excluding carboxylic acids is 1. The highest BCUT2D eigenvalue weighted by Crippen LogP contribution is 2.21. The first kappa shape index (κ1) is 12.7. The van der Waals surface area contributed by atoms with Gasteiger partial charge in [0.25, 0.3) is 0 Å². The summed E-state index contributed by atoms with van der Waals surface area (Å²) in [6, 6.07) is -0.202. The minimum atomic E-state index is -0.242. The maximum absolute atomic E-state index is 11.4. The summed E-state index contributed by atoms with van der Waals surface area (Å²) < 4.78 is 5.09. The zero-order valence-electron chi connectivity index (χ0n) is 10.4. The Bertz CT molecular complexity index is 354. The number of hydrogen-bond acceptors (Lipinski definition) is 4. The Morgan fingerprint density at radius 2 is 2.00 bits per heavy atom. The van der Waals surface area contributed by atoms with Gasteiger partial charge in [0, 0.05) is 18.7 Å². The average Bonchev–Trinajstić information content (AvgIpc) is 2.57. The van der Waals surface area contributed by atoms with Crippen molar-refractivity contribution in [2.24, 2.45) is 0 Å². The molecule has 5 heteroatoms. The van der Waals surface area contributed by atoms with Gasteiger partial charge in [0.05, 0.1) is 11.7 Å². The van der Waals surface area contributed by atoms with Gasteiger partial charge in [-0.25, -0.2) is 0 Å². The number of aryl methyl sites for hydroxylation is 2. The SMILES string of the molecule is CNC(=O)C(C)NC(C)c1c(C)noc1C. The lowest BCUT2D eigenvalue weighted by atomic mass is 10.1. The molecule has 0 aromatic carbocycles. The van der Waals surface area contributed by atoms with Crippen LogP contribution in [0.4, 0.5) is 0 Å². The van der Waals surface area contributed by atoms with Gasteiger partial charge in [0.2, 0.25) is 5.91 Å². The third-order valence-corrected chi connectivity index (χ3v) is 2.66. The van der Waals surface area contributed by atoms with Crippen LogP contribution < -0.4 is 10.6 Å². The summed E-state index contributed by atoms with van der Waals surface area (Å²) >= 11 is 0. The molecule has 0 aliphatic rings. The van der Waals surface area contributed by atoms with E-state index in [-0.39, 0.29) is 18.0 Å². The first-order valence-electron chi connectivity index (χ1n) is 5.37. The Morgan fingerprint density at radius 3 is 2.44 bits per heavy atom. The van der Waals surface area contributed by atoms with E-state index in [0.29, 0.717) is 0 Å². The number of hydrogen-bond donors (Lipinski definition) is 2. The summed E-state index contributed by atoms with van der Waals surface area (Å²) in [7, 11) is 1.63. The van der Waals surface area contributed by atoms with Crippen LogP contribution in [0.25, 0.3) is 0 Å². The molecule has 0 saturated heterocycles. The van der Waals surface area contributed by atoms with Crippen LogP contribution in [0.5, 0.6) is 0 Å².